The van der Waals surface area contributed by atoms with Crippen molar-refractivity contribution in [3.8, 4) is 0 Å². The van der Waals surface area contributed by atoms with Gasteiger partial charge in [0.25, 0.3) is 5.69 Å². The Labute approximate surface area is 159 Å². The third-order valence-corrected chi connectivity index (χ3v) is 5.25. The molecule has 0 fully saturated rings. The van der Waals surface area contributed by atoms with E-state index in [1.54, 1.807) is 0 Å². The Morgan fingerprint density at radius 2 is 1.77 bits per heavy atom. The first kappa shape index (κ1) is 20.1. The molecule has 1 amide bonds. The number of carbonyl (C=O) groups is 1. The zero-order valence-corrected chi connectivity index (χ0v) is 15.4. The van der Waals surface area contributed by atoms with Gasteiger partial charge in [-0.3, -0.25) is 14.9 Å². The predicted octanol–water partition coefficient (Wildman–Crippen LogP) is 3.21. The molecule has 0 aliphatic carbocycles. The van der Waals surface area contributed by atoms with Crippen LogP contribution >= 0.6 is 23.2 Å². The summed E-state index contributed by atoms with van der Waals surface area (Å²) in [6, 6.07) is 9.20. The van der Waals surface area contributed by atoms with E-state index < -0.39 is 20.9 Å². The van der Waals surface area contributed by atoms with Crippen molar-refractivity contribution in [3.05, 3.63) is 62.6 Å². The minimum atomic E-state index is -3.76. The van der Waals surface area contributed by atoms with Crippen LogP contribution in [0.1, 0.15) is 6.42 Å². The molecule has 2 rings (SSSR count). The SMILES string of the molecule is O=C(CCNS(=O)(=O)c1ccc(Cl)cc1)Nc1ccc([N+](=O)[O-])cc1Cl. The van der Waals surface area contributed by atoms with Crippen LogP contribution in [0.5, 0.6) is 0 Å². The van der Waals surface area contributed by atoms with E-state index >= 15 is 0 Å². The summed E-state index contributed by atoms with van der Waals surface area (Å²) in [7, 11) is -3.76. The highest BCUT2D eigenvalue weighted by atomic mass is 35.5. The van der Waals surface area contributed by atoms with E-state index in [1.807, 2.05) is 0 Å². The highest BCUT2D eigenvalue weighted by Crippen LogP contribution is 2.26. The molecule has 2 aromatic rings. The maximum atomic E-state index is 12.1. The number of rotatable bonds is 7. The Balaban J connectivity index is 1.91. The molecule has 0 radical (unpaired) electrons. The summed E-state index contributed by atoms with van der Waals surface area (Å²) in [6.45, 7) is -0.138. The topological polar surface area (TPSA) is 118 Å². The van der Waals surface area contributed by atoms with Crippen LogP contribution in [0, 0.1) is 10.1 Å². The molecule has 0 spiro atoms. The van der Waals surface area contributed by atoms with E-state index in [0.29, 0.717) is 5.02 Å². The van der Waals surface area contributed by atoms with Crippen LogP contribution in [0.4, 0.5) is 11.4 Å². The lowest BCUT2D eigenvalue weighted by Gasteiger charge is -2.09. The van der Waals surface area contributed by atoms with Crippen LogP contribution in [0.15, 0.2) is 47.4 Å². The second-order valence-electron chi connectivity index (χ2n) is 5.07. The molecule has 0 unspecified atom stereocenters. The van der Waals surface area contributed by atoms with Crippen molar-refractivity contribution in [2.75, 3.05) is 11.9 Å². The van der Waals surface area contributed by atoms with Gasteiger partial charge < -0.3 is 5.32 Å². The fraction of sp³-hybridized carbons (Fsp3) is 0.133. The quantitative estimate of drug-likeness (QED) is 0.529. The summed E-state index contributed by atoms with van der Waals surface area (Å²) in [5.41, 5.74) is -0.00783. The van der Waals surface area contributed by atoms with E-state index in [-0.39, 0.29) is 34.3 Å². The smallest absolute Gasteiger partial charge is 0.271 e. The van der Waals surface area contributed by atoms with Crippen molar-refractivity contribution in [1.82, 2.24) is 4.72 Å². The highest BCUT2D eigenvalue weighted by Gasteiger charge is 2.15. The van der Waals surface area contributed by atoms with Crippen molar-refractivity contribution in [3.63, 3.8) is 0 Å². The van der Waals surface area contributed by atoms with Crippen molar-refractivity contribution in [2.24, 2.45) is 0 Å². The summed E-state index contributed by atoms with van der Waals surface area (Å²) in [5, 5.41) is 13.5. The normalized spacial score (nSPS) is 11.2. The van der Waals surface area contributed by atoms with Gasteiger partial charge in [-0.15, -0.1) is 0 Å². The highest BCUT2D eigenvalue weighted by molar-refractivity contribution is 7.89. The Hall–Kier alpha value is -2.20. The number of sulfonamides is 1. The maximum Gasteiger partial charge on any atom is 0.271 e. The van der Waals surface area contributed by atoms with E-state index in [4.69, 9.17) is 23.2 Å². The minimum absolute atomic E-state index is 0.00861. The molecule has 138 valence electrons. The molecule has 0 aliphatic heterocycles. The maximum absolute atomic E-state index is 12.1. The molecule has 0 aromatic heterocycles. The summed E-state index contributed by atoms with van der Waals surface area (Å²) < 4.78 is 26.4. The molecule has 0 saturated carbocycles. The van der Waals surface area contributed by atoms with Crippen molar-refractivity contribution < 1.29 is 18.1 Å². The van der Waals surface area contributed by atoms with E-state index in [0.717, 1.165) is 6.07 Å². The van der Waals surface area contributed by atoms with Crippen molar-refractivity contribution >= 4 is 50.5 Å². The van der Waals surface area contributed by atoms with Crippen molar-refractivity contribution in [1.29, 1.82) is 0 Å². The van der Waals surface area contributed by atoms with Gasteiger partial charge in [0.15, 0.2) is 0 Å². The molecule has 26 heavy (non-hydrogen) atoms. The average Bonchev–Trinajstić information content (AvgIpc) is 2.56. The number of halogens is 2. The van der Waals surface area contributed by atoms with Crippen molar-refractivity contribution in [2.45, 2.75) is 11.3 Å². The third kappa shape index (κ3) is 5.40. The fourth-order valence-corrected chi connectivity index (χ4v) is 3.31. The Morgan fingerprint density at radius 1 is 1.12 bits per heavy atom. The monoisotopic (exact) mass is 417 g/mol. The molecule has 0 aliphatic rings. The molecular weight excluding hydrogens is 405 g/mol. The number of carbonyl (C=O) groups excluding carboxylic acids is 1. The molecule has 0 saturated heterocycles. The molecule has 0 heterocycles. The van der Waals surface area contributed by atoms with Gasteiger partial charge in [-0.2, -0.15) is 0 Å². The number of nitrogens with zero attached hydrogens (tertiary/aromatic N) is 1. The molecule has 0 bridgehead atoms. The first-order valence-electron chi connectivity index (χ1n) is 7.18. The van der Waals surface area contributed by atoms with Crippen LogP contribution in [0.2, 0.25) is 10.0 Å². The number of nitrogens with one attached hydrogen (secondary N) is 2. The first-order valence-corrected chi connectivity index (χ1v) is 9.42. The van der Waals surface area contributed by atoms with Gasteiger partial charge in [0.05, 0.1) is 20.5 Å². The number of benzene rings is 2. The Morgan fingerprint density at radius 3 is 2.35 bits per heavy atom. The standard InChI is InChI=1S/C15H13Cl2N3O5S/c16-10-1-4-12(5-2-10)26(24,25)18-8-7-15(21)19-14-6-3-11(20(22)23)9-13(14)17/h1-6,9,18H,7-8H2,(H,19,21). The van der Waals surface area contributed by atoms with Crippen LogP contribution in [-0.4, -0.2) is 25.8 Å². The van der Waals surface area contributed by atoms with E-state index in [2.05, 4.69) is 10.0 Å². The minimum Gasteiger partial charge on any atom is -0.325 e. The average molecular weight is 418 g/mol. The number of hydrogen-bond donors (Lipinski definition) is 2. The van der Waals surface area contributed by atoms with Crippen LogP contribution < -0.4 is 10.0 Å². The van der Waals surface area contributed by atoms with Gasteiger partial charge in [-0.25, -0.2) is 13.1 Å². The van der Waals surface area contributed by atoms with Crippen LogP contribution in [-0.2, 0) is 14.8 Å². The second kappa shape index (κ2) is 8.45. The zero-order chi connectivity index (χ0) is 19.3. The van der Waals surface area contributed by atoms with Crippen LogP contribution in [0.3, 0.4) is 0 Å². The number of nitro benzene ring substituents is 1. The molecule has 2 aromatic carbocycles. The molecule has 0 atom stereocenters. The first-order chi connectivity index (χ1) is 12.2. The molecular formula is C15H13Cl2N3O5S. The summed E-state index contributed by atoms with van der Waals surface area (Å²) in [4.78, 5) is 22.0. The number of amides is 1. The molecule has 2 N–H and O–H groups in total. The molecule has 8 nitrogen and oxygen atoms in total. The van der Waals surface area contributed by atoms with Gasteiger partial charge >= 0.3 is 0 Å². The number of non-ortho nitro benzene ring substituents is 1. The number of nitro groups is 1. The fourth-order valence-electron chi connectivity index (χ4n) is 1.93. The van der Waals surface area contributed by atoms with E-state index in [1.165, 1.54) is 36.4 Å². The van der Waals surface area contributed by atoms with Gasteiger partial charge in [0.2, 0.25) is 15.9 Å². The van der Waals surface area contributed by atoms with Gasteiger partial charge in [0.1, 0.15) is 0 Å². The number of anilines is 1. The lowest BCUT2D eigenvalue weighted by molar-refractivity contribution is -0.384. The Bertz CT molecular complexity index is 933. The lowest BCUT2D eigenvalue weighted by Crippen LogP contribution is -2.27. The lowest BCUT2D eigenvalue weighted by atomic mass is 10.2. The Kier molecular flexibility index (Phi) is 6.54. The van der Waals surface area contributed by atoms with Gasteiger partial charge in [0, 0.05) is 30.1 Å². The summed E-state index contributed by atoms with van der Waals surface area (Å²) in [6.07, 6.45) is -0.153. The van der Waals surface area contributed by atoms with E-state index in [9.17, 15) is 23.3 Å². The third-order valence-electron chi connectivity index (χ3n) is 3.21. The zero-order valence-electron chi connectivity index (χ0n) is 13.1. The molecule has 11 heteroatoms. The number of hydrogen-bond acceptors (Lipinski definition) is 5. The second-order valence-corrected chi connectivity index (χ2v) is 7.68. The van der Waals surface area contributed by atoms with Gasteiger partial charge in [-0.05, 0) is 30.3 Å². The summed E-state index contributed by atoms with van der Waals surface area (Å²) in [5.74, 6) is -0.500. The largest absolute Gasteiger partial charge is 0.325 e. The predicted molar refractivity (Wildman–Crippen MR) is 98.0 cm³/mol. The van der Waals surface area contributed by atoms with Gasteiger partial charge in [-0.1, -0.05) is 23.2 Å². The van der Waals surface area contributed by atoms with Crippen LogP contribution in [0.25, 0.3) is 0 Å². The summed E-state index contributed by atoms with van der Waals surface area (Å²) >= 11 is 11.6.